The molecule has 214 valence electrons. The second kappa shape index (κ2) is 13.2. The molecule has 6 nitrogen and oxygen atoms in total. The van der Waals surface area contributed by atoms with Crippen LogP contribution >= 0.6 is 0 Å². The number of aromatic nitrogens is 1. The Bertz CT molecular complexity index is 1650. The first-order chi connectivity index (χ1) is 20.4. The molecule has 42 heavy (non-hydrogen) atoms. The average molecular weight is 563 g/mol. The van der Waals surface area contributed by atoms with Crippen molar-refractivity contribution in [3.63, 3.8) is 0 Å². The first-order valence-corrected chi connectivity index (χ1v) is 14.1. The summed E-state index contributed by atoms with van der Waals surface area (Å²) in [7, 11) is 3.97. The van der Waals surface area contributed by atoms with Crippen LogP contribution in [0.25, 0.3) is 10.9 Å². The van der Waals surface area contributed by atoms with E-state index in [1.165, 1.54) is 17.0 Å². The lowest BCUT2D eigenvalue weighted by molar-refractivity contribution is -0.132. The topological polar surface area (TPSA) is 59.7 Å². The van der Waals surface area contributed by atoms with Gasteiger partial charge >= 0.3 is 0 Å². The summed E-state index contributed by atoms with van der Waals surface area (Å²) in [4.78, 5) is 36.1. The number of carbonyl (C=O) groups excluding carboxylic acids is 2. The summed E-state index contributed by atoms with van der Waals surface area (Å²) in [5.74, 6) is -1.32. The number of aromatic amines is 1. The van der Waals surface area contributed by atoms with Gasteiger partial charge in [0.2, 0.25) is 5.91 Å². The first-order valence-electron chi connectivity index (χ1n) is 14.1. The van der Waals surface area contributed by atoms with Crippen molar-refractivity contribution >= 4 is 28.4 Å². The van der Waals surface area contributed by atoms with Gasteiger partial charge in [0.05, 0.1) is 5.56 Å². The number of hydrogen-bond donors (Lipinski definition) is 1. The molecule has 0 bridgehead atoms. The molecule has 0 saturated carbocycles. The van der Waals surface area contributed by atoms with E-state index in [1.807, 2.05) is 98.0 Å². The zero-order valence-corrected chi connectivity index (χ0v) is 24.0. The Labute approximate surface area is 246 Å². The highest BCUT2D eigenvalue weighted by atomic mass is 19.1. The number of benzene rings is 4. The molecule has 0 unspecified atom stereocenters. The van der Waals surface area contributed by atoms with E-state index in [4.69, 9.17) is 0 Å². The summed E-state index contributed by atoms with van der Waals surface area (Å²) in [6, 6.07) is 31.6. The molecule has 5 aromatic rings. The monoisotopic (exact) mass is 562 g/mol. The number of nitrogens with zero attached hydrogens (tertiary/aromatic N) is 3. The van der Waals surface area contributed by atoms with Crippen molar-refractivity contribution in [1.82, 2.24) is 14.8 Å². The Morgan fingerprint density at radius 3 is 2.12 bits per heavy atom. The fourth-order valence-corrected chi connectivity index (χ4v) is 5.08. The molecule has 0 radical (unpaired) electrons. The standard InChI is InChI=1S/C35H35FN4O2/c1-38(2)29-18-16-27(17-19-29)23-39(21-20-28-22-37-33-15-9-7-12-30(28)33)34(41)25-40(24-26-10-4-3-5-11-26)35(42)31-13-6-8-14-32(31)36/h3-19,22,37H,20-21,23-25H2,1-2H3. The zero-order chi connectivity index (χ0) is 29.5. The van der Waals surface area contributed by atoms with Crippen LogP contribution in [0.1, 0.15) is 27.0 Å². The molecule has 1 aromatic heterocycles. The molecule has 0 aliphatic heterocycles. The maximum absolute atomic E-state index is 14.7. The fraction of sp³-hybridized carbons (Fsp3) is 0.200. The van der Waals surface area contributed by atoms with Gasteiger partial charge < -0.3 is 19.7 Å². The minimum atomic E-state index is -0.606. The van der Waals surface area contributed by atoms with Crippen LogP contribution < -0.4 is 4.90 Å². The molecule has 7 heteroatoms. The Morgan fingerprint density at radius 2 is 1.38 bits per heavy atom. The van der Waals surface area contributed by atoms with E-state index in [2.05, 4.69) is 11.1 Å². The normalized spacial score (nSPS) is 10.9. The maximum Gasteiger partial charge on any atom is 0.257 e. The van der Waals surface area contributed by atoms with Crippen molar-refractivity contribution in [2.24, 2.45) is 0 Å². The third-order valence-electron chi connectivity index (χ3n) is 7.44. The van der Waals surface area contributed by atoms with Gasteiger partial charge in [-0.15, -0.1) is 0 Å². The molecular formula is C35H35FN4O2. The van der Waals surface area contributed by atoms with Crippen molar-refractivity contribution in [2.45, 2.75) is 19.5 Å². The van der Waals surface area contributed by atoms with Crippen molar-refractivity contribution in [2.75, 3.05) is 32.1 Å². The third-order valence-corrected chi connectivity index (χ3v) is 7.44. The molecule has 1 heterocycles. The summed E-state index contributed by atoms with van der Waals surface area (Å²) in [6.07, 6.45) is 2.63. The number of hydrogen-bond acceptors (Lipinski definition) is 3. The van der Waals surface area contributed by atoms with Gasteiger partial charge in [-0.1, -0.05) is 72.8 Å². The van der Waals surface area contributed by atoms with Crippen molar-refractivity contribution in [1.29, 1.82) is 0 Å². The quantitative estimate of drug-likeness (QED) is 0.206. The molecule has 0 aliphatic rings. The van der Waals surface area contributed by atoms with E-state index in [9.17, 15) is 14.0 Å². The molecular weight excluding hydrogens is 527 g/mol. The van der Waals surface area contributed by atoms with Gasteiger partial charge in [-0.3, -0.25) is 9.59 Å². The summed E-state index contributed by atoms with van der Waals surface area (Å²) < 4.78 is 14.7. The summed E-state index contributed by atoms with van der Waals surface area (Å²) in [5, 5.41) is 1.13. The van der Waals surface area contributed by atoms with E-state index in [0.29, 0.717) is 19.5 Å². The van der Waals surface area contributed by atoms with Crippen LogP contribution in [0.5, 0.6) is 0 Å². The minimum absolute atomic E-state index is 0.0501. The molecule has 0 spiro atoms. The van der Waals surface area contributed by atoms with Gasteiger partial charge in [0.1, 0.15) is 12.4 Å². The Balaban J connectivity index is 1.41. The van der Waals surface area contributed by atoms with Crippen molar-refractivity contribution in [3.05, 3.63) is 137 Å². The molecule has 4 aromatic carbocycles. The van der Waals surface area contributed by atoms with Crippen LogP contribution in [-0.4, -0.2) is 53.8 Å². The summed E-state index contributed by atoms with van der Waals surface area (Å²) >= 11 is 0. The first kappa shape index (κ1) is 28.6. The van der Waals surface area contributed by atoms with E-state index >= 15 is 0 Å². The number of fused-ring (bicyclic) bond motifs is 1. The Hall–Kier alpha value is -4.91. The van der Waals surface area contributed by atoms with Gasteiger partial charge in [0.15, 0.2) is 0 Å². The lowest BCUT2D eigenvalue weighted by Gasteiger charge is -2.28. The Morgan fingerprint density at radius 1 is 0.738 bits per heavy atom. The minimum Gasteiger partial charge on any atom is -0.378 e. The van der Waals surface area contributed by atoms with Crippen LogP contribution in [0, 0.1) is 5.82 Å². The van der Waals surface area contributed by atoms with Gasteiger partial charge in [-0.05, 0) is 53.4 Å². The number of anilines is 1. The maximum atomic E-state index is 14.7. The molecule has 2 amide bonds. The number of carbonyl (C=O) groups is 2. The second-order valence-electron chi connectivity index (χ2n) is 10.6. The van der Waals surface area contributed by atoms with Gasteiger partial charge in [0.25, 0.3) is 5.91 Å². The van der Waals surface area contributed by atoms with Crippen LogP contribution in [-0.2, 0) is 24.3 Å². The number of nitrogens with one attached hydrogen (secondary N) is 1. The van der Waals surface area contributed by atoms with Crippen molar-refractivity contribution in [3.8, 4) is 0 Å². The van der Waals surface area contributed by atoms with Crippen LogP contribution in [0.15, 0.2) is 109 Å². The molecule has 1 N–H and O–H groups in total. The predicted molar refractivity (Wildman–Crippen MR) is 166 cm³/mol. The van der Waals surface area contributed by atoms with Crippen LogP contribution in [0.2, 0.25) is 0 Å². The van der Waals surface area contributed by atoms with Crippen molar-refractivity contribution < 1.29 is 14.0 Å². The molecule has 0 atom stereocenters. The molecule has 0 fully saturated rings. The highest BCUT2D eigenvalue weighted by Crippen LogP contribution is 2.20. The largest absolute Gasteiger partial charge is 0.378 e. The predicted octanol–water partition coefficient (Wildman–Crippen LogP) is 6.29. The van der Waals surface area contributed by atoms with Crippen LogP contribution in [0.3, 0.4) is 0 Å². The van der Waals surface area contributed by atoms with E-state index in [0.717, 1.165) is 33.3 Å². The SMILES string of the molecule is CN(C)c1ccc(CN(CCc2c[nH]c3ccccc23)C(=O)CN(Cc2ccccc2)C(=O)c2ccccc2F)cc1. The Kier molecular flexibility index (Phi) is 8.97. The number of H-pyrrole nitrogens is 1. The smallest absolute Gasteiger partial charge is 0.257 e. The number of rotatable bonds is 11. The number of para-hydroxylation sites is 1. The van der Waals surface area contributed by atoms with Gasteiger partial charge in [0, 0.05) is 56.5 Å². The van der Waals surface area contributed by atoms with Gasteiger partial charge in [-0.25, -0.2) is 4.39 Å². The lowest BCUT2D eigenvalue weighted by Crippen LogP contribution is -2.43. The average Bonchev–Trinajstić information content (AvgIpc) is 3.42. The number of halogens is 1. The zero-order valence-electron chi connectivity index (χ0n) is 24.0. The van der Waals surface area contributed by atoms with Gasteiger partial charge in [-0.2, -0.15) is 0 Å². The van der Waals surface area contributed by atoms with E-state index in [-0.39, 0.29) is 24.6 Å². The van der Waals surface area contributed by atoms with E-state index < -0.39 is 11.7 Å². The molecule has 0 aliphatic carbocycles. The summed E-state index contributed by atoms with van der Waals surface area (Å²) in [5.41, 5.74) is 5.04. The molecule has 5 rings (SSSR count). The highest BCUT2D eigenvalue weighted by molar-refractivity contribution is 5.96. The number of amides is 2. The van der Waals surface area contributed by atoms with E-state index in [1.54, 1.807) is 17.0 Å². The third kappa shape index (κ3) is 6.86. The second-order valence-corrected chi connectivity index (χ2v) is 10.6. The lowest BCUT2D eigenvalue weighted by atomic mass is 10.1. The highest BCUT2D eigenvalue weighted by Gasteiger charge is 2.25. The molecule has 0 saturated heterocycles. The summed E-state index contributed by atoms with van der Waals surface area (Å²) in [6.45, 7) is 0.866. The van der Waals surface area contributed by atoms with Crippen LogP contribution in [0.4, 0.5) is 10.1 Å². The fourth-order valence-electron chi connectivity index (χ4n) is 5.08.